The highest BCUT2D eigenvalue weighted by atomic mass is 16.6. The van der Waals surface area contributed by atoms with Gasteiger partial charge in [-0.25, -0.2) is 0 Å². The van der Waals surface area contributed by atoms with Gasteiger partial charge in [0.2, 0.25) is 17.6 Å². The zero-order chi connectivity index (χ0) is 12.4. The zero-order valence-electron chi connectivity index (χ0n) is 9.51. The smallest absolute Gasteiger partial charge is 0.353 e. The molecule has 8 nitrogen and oxygen atoms in total. The van der Waals surface area contributed by atoms with Crippen LogP contribution in [0.25, 0.3) is 0 Å². The van der Waals surface area contributed by atoms with E-state index in [4.69, 9.17) is 5.73 Å². The second-order valence-corrected chi connectivity index (χ2v) is 3.81. The third-order valence-electron chi connectivity index (χ3n) is 2.70. The molecule has 0 radical (unpaired) electrons. The van der Waals surface area contributed by atoms with Gasteiger partial charge in [0.05, 0.1) is 4.92 Å². The highest BCUT2D eigenvalue weighted by Crippen LogP contribution is 2.33. The van der Waals surface area contributed by atoms with Crippen LogP contribution in [0.4, 0.5) is 23.3 Å². The highest BCUT2D eigenvalue weighted by Gasteiger charge is 2.28. The molecule has 0 aliphatic carbocycles. The molecule has 0 atom stereocenters. The molecular formula is C9H14N6O2. The van der Waals surface area contributed by atoms with Crippen LogP contribution in [0.15, 0.2) is 0 Å². The minimum Gasteiger partial charge on any atom is -0.378 e. The van der Waals surface area contributed by atoms with Crippen LogP contribution in [-0.2, 0) is 0 Å². The number of hydrogen-bond acceptors (Lipinski definition) is 7. The van der Waals surface area contributed by atoms with Crippen LogP contribution in [0.2, 0.25) is 0 Å². The summed E-state index contributed by atoms with van der Waals surface area (Å²) in [5.74, 6) is 0.510. The molecule has 0 saturated carbocycles. The molecule has 0 aromatic carbocycles. The Labute approximate surface area is 98.0 Å². The van der Waals surface area contributed by atoms with E-state index in [0.29, 0.717) is 11.8 Å². The molecule has 0 spiro atoms. The van der Waals surface area contributed by atoms with Crippen LogP contribution in [0.3, 0.4) is 0 Å². The molecule has 0 bridgehead atoms. The van der Waals surface area contributed by atoms with Crippen LogP contribution in [-0.4, -0.2) is 35.0 Å². The Morgan fingerprint density at radius 1 is 1.41 bits per heavy atom. The molecule has 1 aliphatic heterocycles. The van der Waals surface area contributed by atoms with Gasteiger partial charge in [0.1, 0.15) is 0 Å². The lowest BCUT2D eigenvalue weighted by Gasteiger charge is -2.17. The summed E-state index contributed by atoms with van der Waals surface area (Å²) in [5, 5.41) is 13.7. The van der Waals surface area contributed by atoms with Crippen molar-refractivity contribution in [3.8, 4) is 0 Å². The van der Waals surface area contributed by atoms with Gasteiger partial charge < -0.3 is 16.0 Å². The first kappa shape index (κ1) is 11.4. The number of nitro groups is 1. The first-order valence-corrected chi connectivity index (χ1v) is 5.38. The SMILES string of the molecule is CNc1nc(N)c([N+](=O)[O-])c(N2CCCC2)n1. The van der Waals surface area contributed by atoms with Crippen molar-refractivity contribution in [3.63, 3.8) is 0 Å². The summed E-state index contributed by atoms with van der Waals surface area (Å²) < 4.78 is 0. The Bertz CT molecular complexity index is 443. The summed E-state index contributed by atoms with van der Waals surface area (Å²) in [6, 6.07) is 0. The summed E-state index contributed by atoms with van der Waals surface area (Å²) in [5.41, 5.74) is 5.40. The molecule has 1 aromatic rings. The molecular weight excluding hydrogens is 224 g/mol. The van der Waals surface area contributed by atoms with Crippen molar-refractivity contribution >= 4 is 23.3 Å². The second kappa shape index (κ2) is 4.40. The maximum Gasteiger partial charge on any atom is 0.353 e. The summed E-state index contributed by atoms with van der Waals surface area (Å²) in [4.78, 5) is 20.3. The number of hydrogen-bond donors (Lipinski definition) is 2. The normalized spacial score (nSPS) is 15.0. The lowest BCUT2D eigenvalue weighted by Crippen LogP contribution is -2.22. The standard InChI is InChI=1S/C9H14N6O2/c1-11-9-12-7(10)6(15(16)17)8(13-9)14-4-2-3-5-14/h2-5H2,1H3,(H3,10,11,12,13). The van der Waals surface area contributed by atoms with E-state index in [-0.39, 0.29) is 11.5 Å². The minimum absolute atomic E-state index is 0.101. The molecule has 1 fully saturated rings. The topological polar surface area (TPSA) is 110 Å². The van der Waals surface area contributed by atoms with Gasteiger partial charge in [-0.3, -0.25) is 10.1 Å². The van der Waals surface area contributed by atoms with E-state index < -0.39 is 4.92 Å². The molecule has 2 rings (SSSR count). The molecule has 17 heavy (non-hydrogen) atoms. The number of anilines is 3. The van der Waals surface area contributed by atoms with E-state index in [1.54, 1.807) is 7.05 Å². The van der Waals surface area contributed by atoms with E-state index in [1.807, 2.05) is 4.90 Å². The molecule has 0 unspecified atom stereocenters. The molecule has 2 heterocycles. The predicted molar refractivity (Wildman–Crippen MR) is 64.1 cm³/mol. The fourth-order valence-corrected chi connectivity index (χ4v) is 1.90. The summed E-state index contributed by atoms with van der Waals surface area (Å²) in [7, 11) is 1.65. The molecule has 0 amide bonds. The van der Waals surface area contributed by atoms with Crippen LogP contribution < -0.4 is 16.0 Å². The Balaban J connectivity index is 2.51. The van der Waals surface area contributed by atoms with Gasteiger partial charge in [-0.1, -0.05) is 0 Å². The number of nitrogen functional groups attached to an aromatic ring is 1. The van der Waals surface area contributed by atoms with Crippen molar-refractivity contribution in [2.24, 2.45) is 0 Å². The van der Waals surface area contributed by atoms with E-state index in [0.717, 1.165) is 25.9 Å². The van der Waals surface area contributed by atoms with Gasteiger partial charge in [-0.2, -0.15) is 9.97 Å². The van der Waals surface area contributed by atoms with E-state index in [1.165, 1.54) is 0 Å². The van der Waals surface area contributed by atoms with E-state index in [9.17, 15) is 10.1 Å². The number of aromatic nitrogens is 2. The van der Waals surface area contributed by atoms with Crippen molar-refractivity contribution < 1.29 is 4.92 Å². The van der Waals surface area contributed by atoms with Gasteiger partial charge in [-0.05, 0) is 12.8 Å². The molecule has 1 aliphatic rings. The maximum atomic E-state index is 11.0. The lowest BCUT2D eigenvalue weighted by molar-refractivity contribution is -0.383. The predicted octanol–water partition coefficient (Wildman–Crippen LogP) is 0.609. The number of nitrogens with one attached hydrogen (secondary N) is 1. The third kappa shape index (κ3) is 2.05. The monoisotopic (exact) mass is 238 g/mol. The van der Waals surface area contributed by atoms with Crippen LogP contribution in [0.5, 0.6) is 0 Å². The van der Waals surface area contributed by atoms with Gasteiger partial charge in [0, 0.05) is 20.1 Å². The first-order valence-electron chi connectivity index (χ1n) is 5.38. The van der Waals surface area contributed by atoms with Crippen LogP contribution in [0.1, 0.15) is 12.8 Å². The van der Waals surface area contributed by atoms with Gasteiger partial charge in [0.15, 0.2) is 0 Å². The van der Waals surface area contributed by atoms with Crippen LogP contribution in [0, 0.1) is 10.1 Å². The molecule has 1 saturated heterocycles. The summed E-state index contributed by atoms with van der Waals surface area (Å²) >= 11 is 0. The summed E-state index contributed by atoms with van der Waals surface area (Å²) in [6.07, 6.45) is 2.02. The Morgan fingerprint density at radius 3 is 2.59 bits per heavy atom. The van der Waals surface area contributed by atoms with Crippen molar-refractivity contribution in [3.05, 3.63) is 10.1 Å². The van der Waals surface area contributed by atoms with Gasteiger partial charge in [-0.15, -0.1) is 0 Å². The first-order chi connectivity index (χ1) is 8.13. The van der Waals surface area contributed by atoms with Crippen molar-refractivity contribution in [1.82, 2.24) is 9.97 Å². The molecule has 92 valence electrons. The fourth-order valence-electron chi connectivity index (χ4n) is 1.90. The second-order valence-electron chi connectivity index (χ2n) is 3.81. The average Bonchev–Trinajstić information content (AvgIpc) is 2.80. The average molecular weight is 238 g/mol. The highest BCUT2D eigenvalue weighted by molar-refractivity contribution is 5.71. The van der Waals surface area contributed by atoms with E-state index in [2.05, 4.69) is 15.3 Å². The van der Waals surface area contributed by atoms with E-state index >= 15 is 0 Å². The Morgan fingerprint density at radius 2 is 2.06 bits per heavy atom. The van der Waals surface area contributed by atoms with Crippen molar-refractivity contribution in [2.75, 3.05) is 36.1 Å². The number of rotatable bonds is 3. The van der Waals surface area contributed by atoms with Crippen molar-refractivity contribution in [1.29, 1.82) is 0 Å². The van der Waals surface area contributed by atoms with Crippen LogP contribution >= 0.6 is 0 Å². The molecule has 3 N–H and O–H groups in total. The van der Waals surface area contributed by atoms with Crippen molar-refractivity contribution in [2.45, 2.75) is 12.8 Å². The fraction of sp³-hybridized carbons (Fsp3) is 0.556. The third-order valence-corrected chi connectivity index (χ3v) is 2.70. The number of nitrogens with zero attached hydrogens (tertiary/aromatic N) is 4. The number of nitrogens with two attached hydrogens (primary N) is 1. The lowest BCUT2D eigenvalue weighted by atomic mass is 10.4. The quantitative estimate of drug-likeness (QED) is 0.586. The largest absolute Gasteiger partial charge is 0.378 e. The zero-order valence-corrected chi connectivity index (χ0v) is 9.51. The summed E-state index contributed by atoms with van der Waals surface area (Å²) in [6.45, 7) is 1.53. The maximum absolute atomic E-state index is 11.0. The Kier molecular flexibility index (Phi) is 2.94. The molecule has 8 heteroatoms. The Hall–Kier alpha value is -2.12. The minimum atomic E-state index is -0.525. The van der Waals surface area contributed by atoms with Gasteiger partial charge in [0.25, 0.3) is 0 Å². The molecule has 1 aromatic heterocycles. The van der Waals surface area contributed by atoms with Gasteiger partial charge >= 0.3 is 5.69 Å².